The Morgan fingerprint density at radius 3 is 2.67 bits per heavy atom. The molecule has 0 aliphatic carbocycles. The number of methoxy groups -OCH3 is 1. The summed E-state index contributed by atoms with van der Waals surface area (Å²) in [5, 5.41) is 3.83. The van der Waals surface area contributed by atoms with Gasteiger partial charge in [0.1, 0.15) is 5.75 Å². The largest absolute Gasteiger partial charge is 0.495 e. The summed E-state index contributed by atoms with van der Waals surface area (Å²) in [5.41, 5.74) is 9.52. The highest BCUT2D eigenvalue weighted by Crippen LogP contribution is 2.30. The van der Waals surface area contributed by atoms with Gasteiger partial charge in [-0.25, -0.2) is 0 Å². The van der Waals surface area contributed by atoms with Crippen molar-refractivity contribution in [2.75, 3.05) is 18.2 Å². The number of aryl methyl sites for hydroxylation is 1. The molecule has 0 aliphatic rings. The number of benzene rings is 2. The fourth-order valence-electron chi connectivity index (χ4n) is 1.67. The third-order valence-electron chi connectivity index (χ3n) is 2.64. The van der Waals surface area contributed by atoms with Gasteiger partial charge in [0.25, 0.3) is 0 Å². The van der Waals surface area contributed by atoms with Crippen molar-refractivity contribution >= 4 is 28.7 Å². The van der Waals surface area contributed by atoms with Crippen LogP contribution in [0.25, 0.3) is 0 Å². The third-order valence-corrected chi connectivity index (χ3v) is 2.95. The van der Waals surface area contributed by atoms with E-state index in [1.807, 2.05) is 37.3 Å². The van der Waals surface area contributed by atoms with Gasteiger partial charge in [-0.3, -0.25) is 0 Å². The summed E-state index contributed by atoms with van der Waals surface area (Å²) < 4.78 is 5.17. The molecule has 3 N–H and O–H groups in total. The molecule has 18 heavy (non-hydrogen) atoms. The molecule has 0 unspecified atom stereocenters. The molecule has 3 nitrogen and oxygen atoms in total. The topological polar surface area (TPSA) is 47.3 Å². The average Bonchev–Trinajstić information content (AvgIpc) is 2.36. The van der Waals surface area contributed by atoms with E-state index < -0.39 is 0 Å². The minimum Gasteiger partial charge on any atom is -0.495 e. The standard InChI is InChI=1S/C14H15ClN2O/c1-9-3-6-12(16)13(7-9)17-10-4-5-11(15)14(8-10)18-2/h3-8,17H,16H2,1-2H3. The van der Waals surface area contributed by atoms with Crippen LogP contribution in [-0.2, 0) is 0 Å². The number of anilines is 3. The summed E-state index contributed by atoms with van der Waals surface area (Å²) in [6.45, 7) is 2.02. The Balaban J connectivity index is 2.31. The summed E-state index contributed by atoms with van der Waals surface area (Å²) in [4.78, 5) is 0. The maximum Gasteiger partial charge on any atom is 0.139 e. The lowest BCUT2D eigenvalue weighted by Gasteiger charge is -2.12. The van der Waals surface area contributed by atoms with Gasteiger partial charge < -0.3 is 15.8 Å². The first-order chi connectivity index (χ1) is 8.60. The smallest absolute Gasteiger partial charge is 0.139 e. The van der Waals surface area contributed by atoms with Crippen molar-refractivity contribution in [3.63, 3.8) is 0 Å². The van der Waals surface area contributed by atoms with Crippen LogP contribution in [-0.4, -0.2) is 7.11 Å². The van der Waals surface area contributed by atoms with Gasteiger partial charge in [-0.05, 0) is 36.8 Å². The zero-order chi connectivity index (χ0) is 13.1. The van der Waals surface area contributed by atoms with E-state index >= 15 is 0 Å². The van der Waals surface area contributed by atoms with E-state index in [-0.39, 0.29) is 0 Å². The number of hydrogen-bond donors (Lipinski definition) is 2. The Morgan fingerprint density at radius 2 is 1.94 bits per heavy atom. The molecule has 0 atom stereocenters. The number of hydrogen-bond acceptors (Lipinski definition) is 3. The van der Waals surface area contributed by atoms with E-state index in [4.69, 9.17) is 22.1 Å². The van der Waals surface area contributed by atoms with Crippen LogP contribution in [0.15, 0.2) is 36.4 Å². The number of ether oxygens (including phenoxy) is 1. The number of nitrogens with one attached hydrogen (secondary N) is 1. The highest BCUT2D eigenvalue weighted by molar-refractivity contribution is 6.32. The van der Waals surface area contributed by atoms with Crippen LogP contribution in [0.4, 0.5) is 17.1 Å². The Labute approximate surface area is 112 Å². The molecule has 0 saturated carbocycles. The molecule has 0 heterocycles. The van der Waals surface area contributed by atoms with Crippen LogP contribution in [0.3, 0.4) is 0 Å². The first-order valence-electron chi connectivity index (χ1n) is 5.57. The van der Waals surface area contributed by atoms with Gasteiger partial charge >= 0.3 is 0 Å². The molecule has 0 saturated heterocycles. The molecule has 0 fully saturated rings. The molecule has 0 radical (unpaired) electrons. The Morgan fingerprint density at radius 1 is 1.17 bits per heavy atom. The number of rotatable bonds is 3. The molecule has 4 heteroatoms. The van der Waals surface area contributed by atoms with Gasteiger partial charge in [-0.15, -0.1) is 0 Å². The molecule has 0 aromatic heterocycles. The van der Waals surface area contributed by atoms with Gasteiger partial charge in [0, 0.05) is 11.8 Å². The summed E-state index contributed by atoms with van der Waals surface area (Å²) in [7, 11) is 1.59. The van der Waals surface area contributed by atoms with Gasteiger partial charge in [-0.2, -0.15) is 0 Å². The van der Waals surface area contributed by atoms with Crippen molar-refractivity contribution in [2.45, 2.75) is 6.92 Å². The summed E-state index contributed by atoms with van der Waals surface area (Å²) >= 11 is 5.98. The Bertz CT molecular complexity index is 570. The fraction of sp³-hybridized carbons (Fsp3) is 0.143. The van der Waals surface area contributed by atoms with Gasteiger partial charge in [0.05, 0.1) is 23.5 Å². The molecule has 0 amide bonds. The minimum atomic E-state index is 0.584. The third kappa shape index (κ3) is 2.68. The second-order valence-corrected chi connectivity index (χ2v) is 4.47. The molecular formula is C14H15ClN2O. The normalized spacial score (nSPS) is 10.2. The number of nitrogen functional groups attached to an aromatic ring is 1. The highest BCUT2D eigenvalue weighted by atomic mass is 35.5. The predicted molar refractivity (Wildman–Crippen MR) is 76.9 cm³/mol. The van der Waals surface area contributed by atoms with Crippen LogP contribution in [0.1, 0.15) is 5.56 Å². The SMILES string of the molecule is COc1cc(Nc2cc(C)ccc2N)ccc1Cl. The van der Waals surface area contributed by atoms with Crippen LogP contribution in [0, 0.1) is 6.92 Å². The van der Waals surface area contributed by atoms with Gasteiger partial charge in [0.2, 0.25) is 0 Å². The van der Waals surface area contributed by atoms with Crippen molar-refractivity contribution in [3.8, 4) is 5.75 Å². The van der Waals surface area contributed by atoms with E-state index in [9.17, 15) is 0 Å². The fourth-order valence-corrected chi connectivity index (χ4v) is 1.87. The first-order valence-corrected chi connectivity index (χ1v) is 5.94. The van der Waals surface area contributed by atoms with E-state index in [0.29, 0.717) is 16.5 Å². The van der Waals surface area contributed by atoms with E-state index in [1.54, 1.807) is 13.2 Å². The van der Waals surface area contributed by atoms with Crippen LogP contribution < -0.4 is 15.8 Å². The lowest BCUT2D eigenvalue weighted by Crippen LogP contribution is -1.97. The molecule has 94 valence electrons. The molecule has 0 spiro atoms. The average molecular weight is 263 g/mol. The van der Waals surface area contributed by atoms with Crippen LogP contribution >= 0.6 is 11.6 Å². The zero-order valence-electron chi connectivity index (χ0n) is 10.3. The van der Waals surface area contributed by atoms with Crippen molar-refractivity contribution in [1.82, 2.24) is 0 Å². The van der Waals surface area contributed by atoms with Gasteiger partial charge in [-0.1, -0.05) is 17.7 Å². The zero-order valence-corrected chi connectivity index (χ0v) is 11.1. The van der Waals surface area contributed by atoms with E-state index in [2.05, 4.69) is 5.32 Å². The molecule has 2 aromatic rings. The second-order valence-electron chi connectivity index (χ2n) is 4.07. The monoisotopic (exact) mass is 262 g/mol. The molecule has 0 aliphatic heterocycles. The Kier molecular flexibility index (Phi) is 3.63. The maximum absolute atomic E-state index is 5.98. The Hall–Kier alpha value is -1.87. The van der Waals surface area contributed by atoms with Crippen molar-refractivity contribution in [1.29, 1.82) is 0 Å². The number of nitrogens with two attached hydrogens (primary N) is 1. The number of halogens is 1. The highest BCUT2D eigenvalue weighted by Gasteiger charge is 2.04. The van der Waals surface area contributed by atoms with Crippen molar-refractivity contribution < 1.29 is 4.74 Å². The molecule has 2 rings (SSSR count). The lowest BCUT2D eigenvalue weighted by molar-refractivity contribution is 0.415. The minimum absolute atomic E-state index is 0.584. The van der Waals surface area contributed by atoms with Crippen LogP contribution in [0.5, 0.6) is 5.75 Å². The summed E-state index contributed by atoms with van der Waals surface area (Å²) in [6.07, 6.45) is 0. The summed E-state index contributed by atoms with van der Waals surface area (Å²) in [6, 6.07) is 11.4. The molecule has 0 bridgehead atoms. The summed E-state index contributed by atoms with van der Waals surface area (Å²) in [5.74, 6) is 0.632. The first kappa shape index (κ1) is 12.6. The lowest BCUT2D eigenvalue weighted by atomic mass is 10.2. The van der Waals surface area contributed by atoms with Crippen molar-refractivity contribution in [2.24, 2.45) is 0 Å². The maximum atomic E-state index is 5.98. The van der Waals surface area contributed by atoms with E-state index in [1.165, 1.54) is 0 Å². The van der Waals surface area contributed by atoms with Gasteiger partial charge in [0.15, 0.2) is 0 Å². The van der Waals surface area contributed by atoms with Crippen molar-refractivity contribution in [3.05, 3.63) is 47.0 Å². The predicted octanol–water partition coefficient (Wildman–Crippen LogP) is 3.98. The molecule has 2 aromatic carbocycles. The van der Waals surface area contributed by atoms with E-state index in [0.717, 1.165) is 16.9 Å². The molecular weight excluding hydrogens is 248 g/mol. The quantitative estimate of drug-likeness (QED) is 0.823. The second kappa shape index (κ2) is 5.19. The van der Waals surface area contributed by atoms with Crippen LogP contribution in [0.2, 0.25) is 5.02 Å².